The molecule has 0 spiro atoms. The van der Waals surface area contributed by atoms with Crippen LogP contribution in [0.5, 0.6) is 0 Å². The van der Waals surface area contributed by atoms with Gasteiger partial charge in [-0.25, -0.2) is 0 Å². The summed E-state index contributed by atoms with van der Waals surface area (Å²) in [7, 11) is 3.62. The highest BCUT2D eigenvalue weighted by atomic mass is 16.2. The van der Waals surface area contributed by atoms with E-state index in [9.17, 15) is 4.79 Å². The van der Waals surface area contributed by atoms with Gasteiger partial charge in [0.1, 0.15) is 0 Å². The van der Waals surface area contributed by atoms with E-state index < -0.39 is 0 Å². The summed E-state index contributed by atoms with van der Waals surface area (Å²) < 4.78 is 0. The zero-order valence-corrected chi connectivity index (χ0v) is 10.1. The zero-order valence-electron chi connectivity index (χ0n) is 10.1. The Morgan fingerprint density at radius 3 is 2.13 bits per heavy atom. The largest absolute Gasteiger partial charge is 0.349 e. The molecule has 86 valence electrons. The summed E-state index contributed by atoms with van der Waals surface area (Å²) in [5, 5.41) is 0. The molecule has 0 saturated heterocycles. The van der Waals surface area contributed by atoms with Gasteiger partial charge in [-0.3, -0.25) is 4.79 Å². The number of hydrogen-bond acceptors (Lipinski definition) is 1. The Labute approximate surface area is 94.0 Å². The second-order valence-corrected chi connectivity index (χ2v) is 4.11. The molecule has 0 rings (SSSR count). The Bertz CT molecular complexity index is 203. The van der Waals surface area contributed by atoms with E-state index in [-0.39, 0.29) is 5.91 Å². The number of unbranched alkanes of at least 4 members (excludes halogenated alkanes) is 6. The van der Waals surface area contributed by atoms with Crippen molar-refractivity contribution in [2.24, 2.45) is 0 Å². The van der Waals surface area contributed by atoms with E-state index in [2.05, 4.69) is 5.92 Å². The SMILES string of the molecule is C#CCCCCCCCCC(=O)N(C)C. The summed E-state index contributed by atoms with van der Waals surface area (Å²) in [6.45, 7) is 0. The lowest BCUT2D eigenvalue weighted by Gasteiger charge is -2.09. The number of rotatable bonds is 8. The van der Waals surface area contributed by atoms with Crippen LogP contribution < -0.4 is 0 Å². The van der Waals surface area contributed by atoms with E-state index in [0.29, 0.717) is 6.42 Å². The fourth-order valence-electron chi connectivity index (χ4n) is 1.43. The molecule has 0 radical (unpaired) electrons. The third-order valence-corrected chi connectivity index (χ3v) is 2.46. The third kappa shape index (κ3) is 9.34. The van der Waals surface area contributed by atoms with Gasteiger partial charge in [0.25, 0.3) is 0 Å². The average Bonchev–Trinajstić information content (AvgIpc) is 2.21. The average molecular weight is 209 g/mol. The lowest BCUT2D eigenvalue weighted by molar-refractivity contribution is -0.128. The van der Waals surface area contributed by atoms with E-state index in [1.54, 1.807) is 4.90 Å². The Balaban J connectivity index is 3.12. The molecule has 0 fully saturated rings. The Morgan fingerprint density at radius 2 is 1.60 bits per heavy atom. The highest BCUT2D eigenvalue weighted by molar-refractivity contribution is 5.75. The van der Waals surface area contributed by atoms with Gasteiger partial charge < -0.3 is 4.90 Å². The Kier molecular flexibility index (Phi) is 8.96. The van der Waals surface area contributed by atoms with E-state index in [0.717, 1.165) is 25.7 Å². The van der Waals surface area contributed by atoms with Gasteiger partial charge in [-0.2, -0.15) is 0 Å². The van der Waals surface area contributed by atoms with E-state index in [4.69, 9.17) is 6.42 Å². The summed E-state index contributed by atoms with van der Waals surface area (Å²) in [5.74, 6) is 2.89. The van der Waals surface area contributed by atoms with Crippen molar-refractivity contribution in [2.75, 3.05) is 14.1 Å². The molecule has 0 atom stereocenters. The first-order valence-corrected chi connectivity index (χ1v) is 5.82. The summed E-state index contributed by atoms with van der Waals surface area (Å²) in [6, 6.07) is 0. The molecule has 0 N–H and O–H groups in total. The first kappa shape index (κ1) is 14.0. The van der Waals surface area contributed by atoms with Crippen molar-refractivity contribution >= 4 is 5.91 Å². The number of amides is 1. The minimum Gasteiger partial charge on any atom is -0.349 e. The van der Waals surface area contributed by atoms with Crippen molar-refractivity contribution in [3.8, 4) is 12.3 Å². The van der Waals surface area contributed by atoms with Gasteiger partial charge in [0.2, 0.25) is 5.91 Å². The molecule has 0 bridgehead atoms. The van der Waals surface area contributed by atoms with Crippen molar-refractivity contribution in [3.63, 3.8) is 0 Å². The fourth-order valence-corrected chi connectivity index (χ4v) is 1.43. The van der Waals surface area contributed by atoms with Crippen LogP contribution in [0, 0.1) is 12.3 Å². The van der Waals surface area contributed by atoms with Crippen LogP contribution in [-0.2, 0) is 4.79 Å². The highest BCUT2D eigenvalue weighted by Crippen LogP contribution is 2.08. The highest BCUT2D eigenvalue weighted by Gasteiger charge is 2.02. The summed E-state index contributed by atoms with van der Waals surface area (Å²) in [4.78, 5) is 12.9. The van der Waals surface area contributed by atoms with Crippen LogP contribution in [0.2, 0.25) is 0 Å². The molecule has 2 nitrogen and oxygen atoms in total. The molecule has 0 aliphatic heterocycles. The zero-order chi connectivity index (χ0) is 11.5. The standard InChI is InChI=1S/C13H23NO/c1-4-5-6-7-8-9-10-11-12-13(15)14(2)3/h1H,5-12H2,2-3H3. The maximum absolute atomic E-state index is 11.2. The van der Waals surface area contributed by atoms with Crippen molar-refractivity contribution in [1.82, 2.24) is 4.90 Å². The van der Waals surface area contributed by atoms with E-state index in [1.807, 2.05) is 14.1 Å². The van der Waals surface area contributed by atoms with Crippen LogP contribution in [0.25, 0.3) is 0 Å². The molecule has 0 aliphatic rings. The van der Waals surface area contributed by atoms with Gasteiger partial charge in [-0.05, 0) is 12.8 Å². The molecule has 2 heteroatoms. The van der Waals surface area contributed by atoms with Gasteiger partial charge in [0, 0.05) is 26.9 Å². The van der Waals surface area contributed by atoms with Crippen LogP contribution in [-0.4, -0.2) is 24.9 Å². The predicted molar refractivity (Wildman–Crippen MR) is 64.5 cm³/mol. The topological polar surface area (TPSA) is 20.3 Å². The molecule has 0 aromatic heterocycles. The number of terminal acetylenes is 1. The van der Waals surface area contributed by atoms with Crippen molar-refractivity contribution < 1.29 is 4.79 Å². The molecule has 0 saturated carbocycles. The number of carbonyl (C=O) groups excluding carboxylic acids is 1. The first-order valence-electron chi connectivity index (χ1n) is 5.82. The third-order valence-electron chi connectivity index (χ3n) is 2.46. The molecule has 0 aromatic carbocycles. The normalized spacial score (nSPS) is 9.67. The van der Waals surface area contributed by atoms with Crippen molar-refractivity contribution in [2.45, 2.75) is 51.4 Å². The Hall–Kier alpha value is -0.970. The molecular weight excluding hydrogens is 186 g/mol. The van der Waals surface area contributed by atoms with Gasteiger partial charge in [0.05, 0.1) is 0 Å². The number of carbonyl (C=O) groups is 1. The van der Waals surface area contributed by atoms with E-state index >= 15 is 0 Å². The molecule has 1 amide bonds. The molecule has 0 heterocycles. The minimum atomic E-state index is 0.238. The summed E-state index contributed by atoms with van der Waals surface area (Å²) in [5.41, 5.74) is 0. The molecule has 0 aromatic rings. The molecule has 0 unspecified atom stereocenters. The van der Waals surface area contributed by atoms with Crippen LogP contribution in [0.1, 0.15) is 51.4 Å². The second kappa shape index (κ2) is 9.58. The monoisotopic (exact) mass is 209 g/mol. The van der Waals surface area contributed by atoms with Crippen LogP contribution in [0.15, 0.2) is 0 Å². The van der Waals surface area contributed by atoms with Gasteiger partial charge in [-0.1, -0.05) is 25.7 Å². The smallest absolute Gasteiger partial charge is 0.222 e. The van der Waals surface area contributed by atoms with E-state index in [1.165, 1.54) is 19.3 Å². The van der Waals surface area contributed by atoms with Crippen LogP contribution in [0.4, 0.5) is 0 Å². The predicted octanol–water partition coefficient (Wildman–Crippen LogP) is 2.83. The van der Waals surface area contributed by atoms with Gasteiger partial charge in [-0.15, -0.1) is 12.3 Å². The van der Waals surface area contributed by atoms with Gasteiger partial charge in [0.15, 0.2) is 0 Å². The quantitative estimate of drug-likeness (QED) is 0.444. The number of hydrogen-bond donors (Lipinski definition) is 0. The molecule has 15 heavy (non-hydrogen) atoms. The number of nitrogens with zero attached hydrogens (tertiary/aromatic N) is 1. The lowest BCUT2D eigenvalue weighted by Crippen LogP contribution is -2.20. The molecule has 0 aliphatic carbocycles. The maximum atomic E-state index is 11.2. The minimum absolute atomic E-state index is 0.238. The summed E-state index contributed by atoms with van der Waals surface area (Å²) >= 11 is 0. The Morgan fingerprint density at radius 1 is 1.07 bits per heavy atom. The van der Waals surface area contributed by atoms with Crippen molar-refractivity contribution in [1.29, 1.82) is 0 Å². The lowest BCUT2D eigenvalue weighted by atomic mass is 10.1. The van der Waals surface area contributed by atoms with Crippen molar-refractivity contribution in [3.05, 3.63) is 0 Å². The van der Waals surface area contributed by atoms with Crippen LogP contribution in [0.3, 0.4) is 0 Å². The second-order valence-electron chi connectivity index (χ2n) is 4.11. The van der Waals surface area contributed by atoms with Crippen LogP contribution >= 0.6 is 0 Å². The molecular formula is C13H23NO. The fraction of sp³-hybridized carbons (Fsp3) is 0.769. The maximum Gasteiger partial charge on any atom is 0.222 e. The summed E-state index contributed by atoms with van der Waals surface area (Å²) in [6.07, 6.45) is 13.8. The van der Waals surface area contributed by atoms with Gasteiger partial charge >= 0.3 is 0 Å². The first-order chi connectivity index (χ1) is 7.18.